The summed E-state index contributed by atoms with van der Waals surface area (Å²) in [6, 6.07) is 0. The Bertz CT molecular complexity index is 1020. The van der Waals surface area contributed by atoms with Gasteiger partial charge in [-0.15, -0.1) is 0 Å². The summed E-state index contributed by atoms with van der Waals surface area (Å²) in [6.45, 7) is -0.227. The molecule has 10 heteroatoms. The van der Waals surface area contributed by atoms with Crippen molar-refractivity contribution in [2.45, 2.75) is 19.0 Å². The van der Waals surface area contributed by atoms with Gasteiger partial charge in [-0.05, 0) is 24.5 Å². The lowest BCUT2D eigenvalue weighted by Crippen LogP contribution is -2.32. The predicted molar refractivity (Wildman–Crippen MR) is 85.5 cm³/mol. The number of nitrogens with zero attached hydrogens (tertiary/aromatic N) is 3. The van der Waals surface area contributed by atoms with Crippen LogP contribution in [0.4, 0.5) is 13.2 Å². The van der Waals surface area contributed by atoms with E-state index in [1.165, 1.54) is 12.4 Å². The van der Waals surface area contributed by atoms with Crippen LogP contribution in [0.1, 0.15) is 33.6 Å². The summed E-state index contributed by atoms with van der Waals surface area (Å²) in [6.07, 6.45) is -0.758. The maximum atomic E-state index is 13.0. The van der Waals surface area contributed by atoms with Crippen molar-refractivity contribution in [3.05, 3.63) is 45.8 Å². The van der Waals surface area contributed by atoms with Gasteiger partial charge in [0, 0.05) is 11.2 Å². The number of H-pyrrole nitrogens is 1. The number of allylic oxidation sites excluding steroid dienone is 3. The van der Waals surface area contributed by atoms with Crippen molar-refractivity contribution < 1.29 is 22.8 Å². The molecule has 0 aromatic carbocycles. The number of nitrogens with one attached hydrogen (secondary N) is 1. The van der Waals surface area contributed by atoms with Crippen LogP contribution in [0.2, 0.25) is 0 Å². The SMILES string of the molecule is O=C1c2cnc3[nH]ncc3c2C(=O)N1CC1=CC(C(F)(F)F)=C(Cl)CC1. The van der Waals surface area contributed by atoms with Gasteiger partial charge in [0.2, 0.25) is 0 Å². The Labute approximate surface area is 149 Å². The number of fused-ring (bicyclic) bond motifs is 3. The number of imide groups is 1. The van der Waals surface area contributed by atoms with Crippen LogP contribution in [0, 0.1) is 0 Å². The molecule has 6 nitrogen and oxygen atoms in total. The summed E-state index contributed by atoms with van der Waals surface area (Å²) in [7, 11) is 0. The van der Waals surface area contributed by atoms with Crippen molar-refractivity contribution in [1.82, 2.24) is 20.1 Å². The lowest BCUT2D eigenvalue weighted by Gasteiger charge is -2.22. The molecule has 2 aromatic heterocycles. The monoisotopic (exact) mass is 382 g/mol. The molecular weight excluding hydrogens is 373 g/mol. The highest BCUT2D eigenvalue weighted by Crippen LogP contribution is 2.38. The molecular formula is C16H10ClF3N4O2. The fourth-order valence-electron chi connectivity index (χ4n) is 3.13. The first kappa shape index (κ1) is 16.8. The molecule has 2 aliphatic rings. The number of pyridine rings is 1. The van der Waals surface area contributed by atoms with Gasteiger partial charge < -0.3 is 0 Å². The molecule has 2 aromatic rings. The van der Waals surface area contributed by atoms with Crippen LogP contribution >= 0.6 is 11.6 Å². The summed E-state index contributed by atoms with van der Waals surface area (Å²) in [4.78, 5) is 30.2. The number of hydrogen-bond donors (Lipinski definition) is 1. The van der Waals surface area contributed by atoms with Crippen LogP contribution in [0.25, 0.3) is 11.0 Å². The minimum atomic E-state index is -4.59. The van der Waals surface area contributed by atoms with E-state index in [1.54, 1.807) is 0 Å². The number of amides is 2. The average Bonchev–Trinajstić information content (AvgIpc) is 3.14. The normalized spacial score (nSPS) is 18.0. The second kappa shape index (κ2) is 5.66. The molecule has 26 heavy (non-hydrogen) atoms. The van der Waals surface area contributed by atoms with Crippen LogP contribution < -0.4 is 0 Å². The van der Waals surface area contributed by atoms with Crippen LogP contribution in [-0.4, -0.2) is 44.6 Å². The molecule has 1 aliphatic carbocycles. The largest absolute Gasteiger partial charge is 0.417 e. The zero-order chi connectivity index (χ0) is 18.6. The predicted octanol–water partition coefficient (Wildman–Crippen LogP) is 3.33. The van der Waals surface area contributed by atoms with Gasteiger partial charge in [-0.2, -0.15) is 18.3 Å². The molecule has 0 saturated carbocycles. The first-order chi connectivity index (χ1) is 12.3. The van der Waals surface area contributed by atoms with E-state index in [0.717, 1.165) is 11.0 Å². The van der Waals surface area contributed by atoms with Crippen LogP contribution in [-0.2, 0) is 0 Å². The van der Waals surface area contributed by atoms with E-state index in [9.17, 15) is 22.8 Å². The van der Waals surface area contributed by atoms with Crippen molar-refractivity contribution >= 4 is 34.4 Å². The number of alkyl halides is 3. The van der Waals surface area contributed by atoms with Gasteiger partial charge in [0.1, 0.15) is 0 Å². The standard InChI is InChI=1S/C16H10ClF3N4O2/c17-11-2-1-7(3-10(11)16(18,19)20)6-24-14(25)9-4-21-13-8(5-22-23-13)12(9)15(24)26/h3-5H,1-2,6H2,(H,21,22,23). The Kier molecular flexibility index (Phi) is 3.65. The Morgan fingerprint density at radius 1 is 1.19 bits per heavy atom. The fraction of sp³-hybridized carbons (Fsp3) is 0.250. The first-order valence-corrected chi connectivity index (χ1v) is 7.98. The Morgan fingerprint density at radius 3 is 2.69 bits per heavy atom. The zero-order valence-electron chi connectivity index (χ0n) is 13.0. The number of hydrogen-bond acceptors (Lipinski definition) is 4. The van der Waals surface area contributed by atoms with Gasteiger partial charge in [-0.3, -0.25) is 19.6 Å². The minimum absolute atomic E-state index is 0.0128. The molecule has 0 radical (unpaired) electrons. The molecule has 134 valence electrons. The van der Waals surface area contributed by atoms with Gasteiger partial charge in [0.15, 0.2) is 5.65 Å². The van der Waals surface area contributed by atoms with Crippen LogP contribution in [0.5, 0.6) is 0 Å². The maximum absolute atomic E-state index is 13.0. The van der Waals surface area contributed by atoms with E-state index in [1.807, 2.05) is 0 Å². The maximum Gasteiger partial charge on any atom is 0.417 e. The third-order valence-electron chi connectivity index (χ3n) is 4.39. The number of carbonyl (C=O) groups excluding carboxylic acids is 2. The van der Waals surface area contributed by atoms with E-state index in [2.05, 4.69) is 15.2 Å². The zero-order valence-corrected chi connectivity index (χ0v) is 13.8. The smallest absolute Gasteiger partial charge is 0.270 e. The number of aromatic amines is 1. The Morgan fingerprint density at radius 2 is 1.96 bits per heavy atom. The van der Waals surface area contributed by atoms with Gasteiger partial charge in [-0.1, -0.05) is 11.6 Å². The summed E-state index contributed by atoms with van der Waals surface area (Å²) in [5.74, 6) is -1.16. The third-order valence-corrected chi connectivity index (χ3v) is 4.78. The number of halogens is 4. The second-order valence-electron chi connectivity index (χ2n) is 5.99. The fourth-order valence-corrected chi connectivity index (χ4v) is 3.39. The molecule has 0 atom stereocenters. The molecule has 4 rings (SSSR count). The molecule has 0 bridgehead atoms. The summed E-state index contributed by atoms with van der Waals surface area (Å²) in [5, 5.41) is 6.54. The number of aromatic nitrogens is 3. The van der Waals surface area contributed by atoms with Crippen LogP contribution in [0.15, 0.2) is 34.6 Å². The third kappa shape index (κ3) is 2.50. The highest BCUT2D eigenvalue weighted by atomic mass is 35.5. The quantitative estimate of drug-likeness (QED) is 0.808. The molecule has 0 fully saturated rings. The number of rotatable bonds is 2. The molecule has 0 unspecified atom stereocenters. The summed E-state index contributed by atoms with van der Waals surface area (Å²) < 4.78 is 39.1. The topological polar surface area (TPSA) is 79.0 Å². The van der Waals surface area contributed by atoms with Gasteiger partial charge in [0.25, 0.3) is 11.8 Å². The van der Waals surface area contributed by atoms with Gasteiger partial charge in [0.05, 0.1) is 34.8 Å². The molecule has 1 N–H and O–H groups in total. The van der Waals surface area contributed by atoms with E-state index >= 15 is 0 Å². The second-order valence-corrected chi connectivity index (χ2v) is 6.45. The first-order valence-electron chi connectivity index (χ1n) is 7.61. The molecule has 3 heterocycles. The average molecular weight is 383 g/mol. The summed E-state index contributed by atoms with van der Waals surface area (Å²) >= 11 is 5.68. The van der Waals surface area contributed by atoms with Crippen molar-refractivity contribution in [1.29, 1.82) is 0 Å². The lowest BCUT2D eigenvalue weighted by atomic mass is 9.98. The van der Waals surface area contributed by atoms with Crippen molar-refractivity contribution in [3.63, 3.8) is 0 Å². The van der Waals surface area contributed by atoms with E-state index in [4.69, 9.17) is 11.6 Å². The van der Waals surface area contributed by atoms with Gasteiger partial charge >= 0.3 is 6.18 Å². The van der Waals surface area contributed by atoms with E-state index < -0.39 is 23.6 Å². The minimum Gasteiger partial charge on any atom is -0.270 e. The Balaban J connectivity index is 1.68. The molecule has 0 spiro atoms. The Hall–Kier alpha value is -2.68. The highest BCUT2D eigenvalue weighted by molar-refractivity contribution is 6.30. The molecule has 2 amide bonds. The van der Waals surface area contributed by atoms with Crippen molar-refractivity contribution in [3.8, 4) is 0 Å². The molecule has 0 saturated heterocycles. The lowest BCUT2D eigenvalue weighted by molar-refractivity contribution is -0.0890. The van der Waals surface area contributed by atoms with Crippen LogP contribution in [0.3, 0.4) is 0 Å². The van der Waals surface area contributed by atoms with E-state index in [-0.39, 0.29) is 35.5 Å². The van der Waals surface area contributed by atoms with E-state index in [0.29, 0.717) is 16.6 Å². The highest BCUT2D eigenvalue weighted by Gasteiger charge is 2.40. The molecule has 1 aliphatic heterocycles. The number of carbonyl (C=O) groups is 2. The van der Waals surface area contributed by atoms with Crippen molar-refractivity contribution in [2.24, 2.45) is 0 Å². The van der Waals surface area contributed by atoms with Gasteiger partial charge in [-0.25, -0.2) is 4.98 Å². The summed E-state index contributed by atoms with van der Waals surface area (Å²) in [5.41, 5.74) is 0.0148. The van der Waals surface area contributed by atoms with Crippen molar-refractivity contribution in [2.75, 3.05) is 6.54 Å².